The lowest BCUT2D eigenvalue weighted by molar-refractivity contribution is -0.127. The standard InChI is InChI=1S/C20H22N4O/c1-2-23-14-16-8-4-3-7-15(16)11-19(23)20(25)21-12-17-13-22-24-10-6-5-9-18(17)24/h3-10,13,19H,2,11-12,14H2,1H3,(H,21,25)/t19-/m1/s1. The van der Waals surface area contributed by atoms with Crippen molar-refractivity contribution >= 4 is 11.4 Å². The van der Waals surface area contributed by atoms with E-state index in [0.717, 1.165) is 30.6 Å². The fourth-order valence-electron chi connectivity index (χ4n) is 3.59. The third-order valence-corrected chi connectivity index (χ3v) is 5.01. The number of hydrogen-bond acceptors (Lipinski definition) is 3. The van der Waals surface area contributed by atoms with Crippen LogP contribution in [0.25, 0.3) is 5.52 Å². The molecule has 1 amide bonds. The van der Waals surface area contributed by atoms with Gasteiger partial charge in [0.15, 0.2) is 0 Å². The van der Waals surface area contributed by atoms with Crippen LogP contribution >= 0.6 is 0 Å². The summed E-state index contributed by atoms with van der Waals surface area (Å²) in [6.45, 7) is 4.31. The summed E-state index contributed by atoms with van der Waals surface area (Å²) in [5.41, 5.74) is 4.68. The number of benzene rings is 1. The van der Waals surface area contributed by atoms with Gasteiger partial charge in [0.1, 0.15) is 0 Å². The molecule has 1 aliphatic heterocycles. The van der Waals surface area contributed by atoms with Gasteiger partial charge in [0, 0.05) is 24.8 Å². The quantitative estimate of drug-likeness (QED) is 0.797. The van der Waals surface area contributed by atoms with E-state index < -0.39 is 0 Å². The van der Waals surface area contributed by atoms with Gasteiger partial charge in [-0.1, -0.05) is 37.3 Å². The Kier molecular flexibility index (Phi) is 4.24. The summed E-state index contributed by atoms with van der Waals surface area (Å²) >= 11 is 0. The summed E-state index contributed by atoms with van der Waals surface area (Å²) in [6.07, 6.45) is 4.51. The van der Waals surface area contributed by atoms with Crippen molar-refractivity contribution < 1.29 is 4.79 Å². The zero-order valence-corrected chi connectivity index (χ0v) is 14.4. The van der Waals surface area contributed by atoms with E-state index >= 15 is 0 Å². The molecule has 5 heteroatoms. The number of nitrogens with zero attached hydrogens (tertiary/aromatic N) is 3. The van der Waals surface area contributed by atoms with Crippen LogP contribution in [-0.2, 0) is 24.3 Å². The number of aromatic nitrogens is 2. The number of carbonyl (C=O) groups excluding carboxylic acids is 1. The lowest BCUT2D eigenvalue weighted by Gasteiger charge is -2.35. The van der Waals surface area contributed by atoms with Crippen molar-refractivity contribution in [1.29, 1.82) is 0 Å². The Balaban J connectivity index is 1.49. The van der Waals surface area contributed by atoms with Crippen molar-refractivity contribution in [2.24, 2.45) is 0 Å². The van der Waals surface area contributed by atoms with Crippen LogP contribution in [0.15, 0.2) is 54.9 Å². The third-order valence-electron chi connectivity index (χ3n) is 5.01. The molecule has 0 radical (unpaired) electrons. The number of carbonyl (C=O) groups is 1. The Labute approximate surface area is 147 Å². The molecule has 3 aromatic rings. The van der Waals surface area contributed by atoms with Gasteiger partial charge in [-0.05, 0) is 36.2 Å². The Hall–Kier alpha value is -2.66. The highest BCUT2D eigenvalue weighted by Crippen LogP contribution is 2.23. The Morgan fingerprint density at radius 2 is 2.00 bits per heavy atom. The first-order valence-corrected chi connectivity index (χ1v) is 8.76. The second-order valence-electron chi connectivity index (χ2n) is 6.47. The van der Waals surface area contributed by atoms with Crippen molar-refractivity contribution in [1.82, 2.24) is 19.8 Å². The van der Waals surface area contributed by atoms with Gasteiger partial charge in [-0.15, -0.1) is 0 Å². The molecule has 25 heavy (non-hydrogen) atoms. The molecule has 0 aliphatic carbocycles. The van der Waals surface area contributed by atoms with Gasteiger partial charge in [0.05, 0.1) is 17.8 Å². The van der Waals surface area contributed by atoms with E-state index in [-0.39, 0.29) is 11.9 Å². The average molecular weight is 334 g/mol. The van der Waals surface area contributed by atoms with Gasteiger partial charge in [-0.25, -0.2) is 4.52 Å². The summed E-state index contributed by atoms with van der Waals surface area (Å²) in [5.74, 6) is 0.0895. The number of nitrogens with one attached hydrogen (secondary N) is 1. The second kappa shape index (κ2) is 6.69. The van der Waals surface area contributed by atoms with Gasteiger partial charge >= 0.3 is 0 Å². The topological polar surface area (TPSA) is 49.6 Å². The molecule has 4 rings (SSSR count). The second-order valence-corrected chi connectivity index (χ2v) is 6.47. The van der Waals surface area contributed by atoms with Gasteiger partial charge in [0.25, 0.3) is 0 Å². The number of amides is 1. The molecular formula is C20H22N4O. The molecule has 1 atom stereocenters. The molecule has 0 bridgehead atoms. The molecule has 0 saturated heterocycles. The molecule has 0 saturated carbocycles. The molecule has 3 heterocycles. The fraction of sp³-hybridized carbons (Fsp3) is 0.300. The minimum Gasteiger partial charge on any atom is -0.351 e. The first-order chi connectivity index (χ1) is 12.3. The number of fused-ring (bicyclic) bond motifs is 2. The van der Waals surface area contributed by atoms with E-state index in [1.165, 1.54) is 11.1 Å². The van der Waals surface area contributed by atoms with Crippen LogP contribution in [-0.4, -0.2) is 33.0 Å². The summed E-state index contributed by atoms with van der Waals surface area (Å²) in [7, 11) is 0. The number of rotatable bonds is 4. The van der Waals surface area contributed by atoms with E-state index in [1.807, 2.05) is 35.1 Å². The predicted octanol–water partition coefficient (Wildman–Crippen LogP) is 2.40. The Morgan fingerprint density at radius 1 is 1.20 bits per heavy atom. The molecule has 0 fully saturated rings. The summed E-state index contributed by atoms with van der Waals surface area (Å²) in [6, 6.07) is 14.2. The van der Waals surface area contributed by atoms with Gasteiger partial charge in [-0.2, -0.15) is 5.10 Å². The van der Waals surface area contributed by atoms with E-state index in [0.29, 0.717) is 6.54 Å². The van der Waals surface area contributed by atoms with Crippen LogP contribution in [0.1, 0.15) is 23.6 Å². The predicted molar refractivity (Wildman–Crippen MR) is 97.1 cm³/mol. The van der Waals surface area contributed by atoms with Gasteiger partial charge < -0.3 is 5.32 Å². The lowest BCUT2D eigenvalue weighted by Crippen LogP contribution is -2.49. The molecule has 1 N–H and O–H groups in total. The van der Waals surface area contributed by atoms with E-state index in [2.05, 4.69) is 46.5 Å². The molecule has 1 aliphatic rings. The minimum atomic E-state index is -0.110. The van der Waals surface area contributed by atoms with Crippen molar-refractivity contribution in [3.63, 3.8) is 0 Å². The third kappa shape index (κ3) is 3.03. The number of likely N-dealkylation sites (N-methyl/N-ethyl adjacent to an activating group) is 1. The Bertz CT molecular complexity index is 901. The highest BCUT2D eigenvalue weighted by molar-refractivity contribution is 5.82. The van der Waals surface area contributed by atoms with Crippen LogP contribution in [0.4, 0.5) is 0 Å². The van der Waals surface area contributed by atoms with E-state index in [1.54, 1.807) is 0 Å². The maximum atomic E-state index is 12.8. The van der Waals surface area contributed by atoms with Gasteiger partial charge in [0.2, 0.25) is 5.91 Å². The number of pyridine rings is 1. The van der Waals surface area contributed by atoms with Crippen LogP contribution in [0.2, 0.25) is 0 Å². The molecule has 128 valence electrons. The van der Waals surface area contributed by atoms with Crippen molar-refractivity contribution in [2.75, 3.05) is 6.54 Å². The highest BCUT2D eigenvalue weighted by atomic mass is 16.2. The number of hydrogen-bond donors (Lipinski definition) is 1. The molecule has 0 unspecified atom stereocenters. The van der Waals surface area contributed by atoms with Crippen molar-refractivity contribution in [3.8, 4) is 0 Å². The molecule has 1 aromatic carbocycles. The first-order valence-electron chi connectivity index (χ1n) is 8.76. The van der Waals surface area contributed by atoms with Crippen LogP contribution in [0, 0.1) is 0 Å². The Morgan fingerprint density at radius 3 is 2.84 bits per heavy atom. The van der Waals surface area contributed by atoms with Crippen molar-refractivity contribution in [2.45, 2.75) is 32.5 Å². The van der Waals surface area contributed by atoms with Crippen LogP contribution < -0.4 is 5.32 Å². The zero-order chi connectivity index (χ0) is 17.2. The molecular weight excluding hydrogens is 312 g/mol. The fourth-order valence-corrected chi connectivity index (χ4v) is 3.59. The first kappa shape index (κ1) is 15.8. The van der Waals surface area contributed by atoms with Crippen LogP contribution in [0.3, 0.4) is 0 Å². The largest absolute Gasteiger partial charge is 0.351 e. The minimum absolute atomic E-state index is 0.0895. The molecule has 5 nitrogen and oxygen atoms in total. The summed E-state index contributed by atoms with van der Waals surface area (Å²) in [4.78, 5) is 15.1. The lowest BCUT2D eigenvalue weighted by atomic mass is 9.93. The van der Waals surface area contributed by atoms with Crippen LogP contribution in [0.5, 0.6) is 0 Å². The summed E-state index contributed by atoms with van der Waals surface area (Å²) in [5, 5.41) is 7.43. The maximum Gasteiger partial charge on any atom is 0.237 e. The maximum absolute atomic E-state index is 12.8. The average Bonchev–Trinajstić information content (AvgIpc) is 3.08. The zero-order valence-electron chi connectivity index (χ0n) is 14.4. The molecule has 0 spiro atoms. The van der Waals surface area contributed by atoms with Crippen molar-refractivity contribution in [3.05, 3.63) is 71.5 Å². The molecule has 2 aromatic heterocycles. The van der Waals surface area contributed by atoms with Gasteiger partial charge in [-0.3, -0.25) is 9.69 Å². The normalized spacial score (nSPS) is 17.4. The monoisotopic (exact) mass is 334 g/mol. The van der Waals surface area contributed by atoms with E-state index in [9.17, 15) is 4.79 Å². The SMILES string of the molecule is CCN1Cc2ccccc2C[C@@H]1C(=O)NCc1cnn2ccccc12. The summed E-state index contributed by atoms with van der Waals surface area (Å²) < 4.78 is 1.83. The smallest absolute Gasteiger partial charge is 0.237 e. The van der Waals surface area contributed by atoms with E-state index in [4.69, 9.17) is 0 Å². The highest BCUT2D eigenvalue weighted by Gasteiger charge is 2.30.